The van der Waals surface area contributed by atoms with Gasteiger partial charge in [-0.15, -0.1) is 0 Å². The second-order valence-corrected chi connectivity index (χ2v) is 7.24. The maximum absolute atomic E-state index is 12.6. The summed E-state index contributed by atoms with van der Waals surface area (Å²) >= 11 is 3.53. The number of aromatic nitrogens is 2. The van der Waals surface area contributed by atoms with Gasteiger partial charge in [-0.2, -0.15) is 5.10 Å². The van der Waals surface area contributed by atoms with Gasteiger partial charge in [0.1, 0.15) is 0 Å². The van der Waals surface area contributed by atoms with Crippen molar-refractivity contribution < 1.29 is 4.79 Å². The van der Waals surface area contributed by atoms with Gasteiger partial charge in [-0.1, -0.05) is 43.7 Å². The maximum atomic E-state index is 12.6. The van der Waals surface area contributed by atoms with Gasteiger partial charge in [0.15, 0.2) is 0 Å². The molecule has 0 aliphatic heterocycles. The molecule has 2 unspecified atom stereocenters. The number of aryl methyl sites for hydroxylation is 2. The topological polar surface area (TPSA) is 46.9 Å². The summed E-state index contributed by atoms with van der Waals surface area (Å²) < 4.78 is 2.91. The lowest BCUT2D eigenvalue weighted by Gasteiger charge is -2.21. The average Bonchev–Trinajstić information content (AvgIpc) is 2.80. The molecule has 0 spiro atoms. The van der Waals surface area contributed by atoms with E-state index in [9.17, 15) is 4.79 Å². The van der Waals surface area contributed by atoms with Crippen molar-refractivity contribution in [2.75, 3.05) is 0 Å². The van der Waals surface area contributed by atoms with E-state index in [2.05, 4.69) is 64.5 Å². The van der Waals surface area contributed by atoms with E-state index < -0.39 is 0 Å². The Bertz CT molecular complexity index is 706. The minimum Gasteiger partial charge on any atom is -0.349 e. The van der Waals surface area contributed by atoms with Crippen LogP contribution in [0.3, 0.4) is 0 Å². The molecule has 0 aliphatic carbocycles. The molecular weight excluding hydrogens is 366 g/mol. The van der Waals surface area contributed by atoms with Crippen LogP contribution in [0.25, 0.3) is 0 Å². The SMILES string of the molecule is CCC(NC(=O)C(C)Cn1nc(C)c(Br)c1C)c1ccc(C)cc1. The molecule has 2 rings (SSSR count). The molecule has 2 atom stereocenters. The Morgan fingerprint density at radius 1 is 1.25 bits per heavy atom. The van der Waals surface area contributed by atoms with Crippen molar-refractivity contribution in [3.63, 3.8) is 0 Å². The molecule has 0 saturated heterocycles. The van der Waals surface area contributed by atoms with E-state index in [4.69, 9.17) is 0 Å². The van der Waals surface area contributed by atoms with Gasteiger partial charge < -0.3 is 5.32 Å². The van der Waals surface area contributed by atoms with Crippen molar-refractivity contribution >= 4 is 21.8 Å². The van der Waals surface area contributed by atoms with Crippen LogP contribution < -0.4 is 5.32 Å². The molecule has 0 bridgehead atoms. The fraction of sp³-hybridized carbons (Fsp3) is 0.474. The number of carbonyl (C=O) groups excluding carboxylic acids is 1. The van der Waals surface area contributed by atoms with Crippen molar-refractivity contribution in [3.8, 4) is 0 Å². The highest BCUT2D eigenvalue weighted by Crippen LogP contribution is 2.21. The first-order valence-corrected chi connectivity index (χ1v) is 9.19. The average molecular weight is 392 g/mol. The van der Waals surface area contributed by atoms with Crippen molar-refractivity contribution in [3.05, 3.63) is 51.3 Å². The third-order valence-electron chi connectivity index (χ3n) is 4.39. The fourth-order valence-corrected chi connectivity index (χ4v) is 3.01. The predicted octanol–water partition coefficient (Wildman–Crippen LogP) is 4.47. The molecule has 1 amide bonds. The van der Waals surface area contributed by atoms with E-state index in [-0.39, 0.29) is 17.9 Å². The zero-order valence-electron chi connectivity index (χ0n) is 15.1. The van der Waals surface area contributed by atoms with E-state index >= 15 is 0 Å². The molecule has 5 heteroatoms. The molecule has 1 heterocycles. The van der Waals surface area contributed by atoms with Crippen molar-refractivity contribution in [1.29, 1.82) is 0 Å². The lowest BCUT2D eigenvalue weighted by atomic mass is 10.0. The zero-order chi connectivity index (χ0) is 17.9. The predicted molar refractivity (Wildman–Crippen MR) is 101 cm³/mol. The van der Waals surface area contributed by atoms with Gasteiger partial charge in [0, 0.05) is 5.69 Å². The van der Waals surface area contributed by atoms with Gasteiger partial charge in [0.05, 0.1) is 28.7 Å². The van der Waals surface area contributed by atoms with E-state index in [0.29, 0.717) is 6.54 Å². The summed E-state index contributed by atoms with van der Waals surface area (Å²) in [5.74, 6) is -0.0829. The standard InChI is InChI=1S/C19H26BrN3O/c1-6-17(16-9-7-12(2)8-10-16)21-19(24)13(3)11-23-15(5)18(20)14(4)22-23/h7-10,13,17H,6,11H2,1-5H3,(H,21,24). The number of carbonyl (C=O) groups is 1. The van der Waals surface area contributed by atoms with E-state index in [1.165, 1.54) is 5.56 Å². The normalized spacial score (nSPS) is 13.6. The van der Waals surface area contributed by atoms with Gasteiger partial charge >= 0.3 is 0 Å². The van der Waals surface area contributed by atoms with Crippen LogP contribution in [0.4, 0.5) is 0 Å². The van der Waals surface area contributed by atoms with Gasteiger partial charge in [-0.25, -0.2) is 0 Å². The smallest absolute Gasteiger partial charge is 0.225 e. The second-order valence-electron chi connectivity index (χ2n) is 6.45. The quantitative estimate of drug-likeness (QED) is 0.788. The number of nitrogens with one attached hydrogen (secondary N) is 1. The molecule has 0 saturated carbocycles. The van der Waals surface area contributed by atoms with Crippen molar-refractivity contribution in [2.45, 2.75) is 53.6 Å². The number of benzene rings is 1. The number of amides is 1. The Morgan fingerprint density at radius 3 is 2.38 bits per heavy atom. The number of rotatable bonds is 6. The number of halogens is 1. The molecule has 24 heavy (non-hydrogen) atoms. The third-order valence-corrected chi connectivity index (χ3v) is 5.54. The fourth-order valence-electron chi connectivity index (χ4n) is 2.73. The number of hydrogen-bond donors (Lipinski definition) is 1. The Morgan fingerprint density at radius 2 is 1.88 bits per heavy atom. The van der Waals surface area contributed by atoms with E-state index in [1.54, 1.807) is 0 Å². The molecule has 0 aliphatic rings. The molecule has 4 nitrogen and oxygen atoms in total. The lowest BCUT2D eigenvalue weighted by molar-refractivity contribution is -0.125. The van der Waals surface area contributed by atoms with Crippen molar-refractivity contribution in [2.24, 2.45) is 5.92 Å². The first-order chi connectivity index (χ1) is 11.3. The van der Waals surface area contributed by atoms with Crippen LogP contribution in [0.1, 0.15) is 48.8 Å². The molecule has 0 radical (unpaired) electrons. The van der Waals surface area contributed by atoms with Crippen LogP contribution in [-0.4, -0.2) is 15.7 Å². The molecule has 1 aromatic carbocycles. The summed E-state index contributed by atoms with van der Waals surface area (Å²) in [5.41, 5.74) is 4.38. The molecule has 1 aromatic heterocycles. The third kappa shape index (κ3) is 4.26. The van der Waals surface area contributed by atoms with E-state index in [1.807, 2.05) is 25.5 Å². The van der Waals surface area contributed by atoms with Crippen LogP contribution in [0, 0.1) is 26.7 Å². The Labute approximate surface area is 152 Å². The molecule has 1 N–H and O–H groups in total. The molecule has 2 aromatic rings. The summed E-state index contributed by atoms with van der Waals surface area (Å²) in [7, 11) is 0. The summed E-state index contributed by atoms with van der Waals surface area (Å²) in [6.45, 7) is 10.7. The van der Waals surface area contributed by atoms with E-state index in [0.717, 1.165) is 27.8 Å². The molecule has 130 valence electrons. The van der Waals surface area contributed by atoms with Crippen LogP contribution in [0.5, 0.6) is 0 Å². The number of hydrogen-bond acceptors (Lipinski definition) is 2. The van der Waals surface area contributed by atoms with Gasteiger partial charge in [-0.05, 0) is 48.7 Å². The van der Waals surface area contributed by atoms with Crippen LogP contribution >= 0.6 is 15.9 Å². The maximum Gasteiger partial charge on any atom is 0.225 e. The highest BCUT2D eigenvalue weighted by molar-refractivity contribution is 9.10. The van der Waals surface area contributed by atoms with Crippen molar-refractivity contribution in [1.82, 2.24) is 15.1 Å². The Balaban J connectivity index is 2.04. The van der Waals surface area contributed by atoms with Crippen LogP contribution in [0.2, 0.25) is 0 Å². The highest BCUT2D eigenvalue weighted by atomic mass is 79.9. The summed E-state index contributed by atoms with van der Waals surface area (Å²) in [6.07, 6.45) is 0.868. The molecule has 0 fully saturated rings. The van der Waals surface area contributed by atoms with Crippen LogP contribution in [0.15, 0.2) is 28.7 Å². The molecular formula is C19H26BrN3O. The first-order valence-electron chi connectivity index (χ1n) is 8.39. The van der Waals surface area contributed by atoms with Crippen LogP contribution in [-0.2, 0) is 11.3 Å². The monoisotopic (exact) mass is 391 g/mol. The Kier molecular flexibility index (Phi) is 6.21. The summed E-state index contributed by atoms with van der Waals surface area (Å²) in [5, 5.41) is 7.66. The lowest BCUT2D eigenvalue weighted by Crippen LogP contribution is -2.34. The number of nitrogens with zero attached hydrogens (tertiary/aromatic N) is 2. The second kappa shape index (κ2) is 7.97. The summed E-state index contributed by atoms with van der Waals surface area (Å²) in [6, 6.07) is 8.40. The summed E-state index contributed by atoms with van der Waals surface area (Å²) in [4.78, 5) is 12.6. The largest absolute Gasteiger partial charge is 0.349 e. The van der Waals surface area contributed by atoms with Gasteiger partial charge in [-0.3, -0.25) is 9.48 Å². The zero-order valence-corrected chi connectivity index (χ0v) is 16.6. The highest BCUT2D eigenvalue weighted by Gasteiger charge is 2.20. The Hall–Kier alpha value is -1.62. The van der Waals surface area contributed by atoms with Gasteiger partial charge in [0.2, 0.25) is 5.91 Å². The minimum absolute atomic E-state index is 0.0488. The minimum atomic E-state index is -0.144. The van der Waals surface area contributed by atoms with Gasteiger partial charge in [0.25, 0.3) is 0 Å². The first kappa shape index (κ1) is 18.7.